The Morgan fingerprint density at radius 3 is 3.00 bits per heavy atom. The number of aromatic amines is 1. The molecule has 130 valence electrons. The standard InChI is InChI=1S/C18H12FN3O3S/c19-12-3-1-2-11(6-12)17(23)20-8-16-21-14(9-26-16)10-4-5-13-15(7-10)25-18(24)22-13/h1-7,9H,8H2,(H,20,23)(H,22,24). The molecule has 0 unspecified atom stereocenters. The third-order valence-electron chi connectivity index (χ3n) is 3.76. The van der Waals surface area contributed by atoms with Crippen LogP contribution in [-0.2, 0) is 6.54 Å². The normalized spacial score (nSPS) is 11.0. The molecule has 6 nitrogen and oxygen atoms in total. The number of oxazole rings is 1. The molecular weight excluding hydrogens is 357 g/mol. The van der Waals surface area contributed by atoms with Crippen LogP contribution in [0.15, 0.2) is 57.1 Å². The van der Waals surface area contributed by atoms with Gasteiger partial charge in [-0.05, 0) is 30.3 Å². The van der Waals surface area contributed by atoms with E-state index in [0.29, 0.717) is 16.1 Å². The Morgan fingerprint density at radius 2 is 2.15 bits per heavy atom. The average Bonchev–Trinajstić information content (AvgIpc) is 3.24. The van der Waals surface area contributed by atoms with E-state index in [0.717, 1.165) is 11.3 Å². The molecule has 1 amide bonds. The quantitative estimate of drug-likeness (QED) is 0.578. The minimum atomic E-state index is -0.504. The van der Waals surface area contributed by atoms with Gasteiger partial charge in [-0.3, -0.25) is 9.78 Å². The van der Waals surface area contributed by atoms with Crippen LogP contribution in [0.2, 0.25) is 0 Å². The smallest absolute Gasteiger partial charge is 0.408 e. The molecule has 0 aliphatic rings. The summed E-state index contributed by atoms with van der Waals surface area (Å²) in [5, 5.41) is 5.28. The summed E-state index contributed by atoms with van der Waals surface area (Å²) in [6, 6.07) is 10.8. The number of carbonyl (C=O) groups is 1. The minimum Gasteiger partial charge on any atom is -0.408 e. The van der Waals surface area contributed by atoms with Crippen LogP contribution < -0.4 is 11.1 Å². The highest BCUT2D eigenvalue weighted by Crippen LogP contribution is 2.24. The number of aromatic nitrogens is 2. The SMILES string of the molecule is O=C(NCc1nc(-c2ccc3[nH]c(=O)oc3c2)cs1)c1cccc(F)c1. The summed E-state index contributed by atoms with van der Waals surface area (Å²) < 4.78 is 18.2. The number of benzene rings is 2. The number of halogens is 1. The summed E-state index contributed by atoms with van der Waals surface area (Å²) in [6.07, 6.45) is 0. The van der Waals surface area contributed by atoms with Gasteiger partial charge in [0.2, 0.25) is 0 Å². The van der Waals surface area contributed by atoms with Crippen LogP contribution in [0, 0.1) is 5.82 Å². The lowest BCUT2D eigenvalue weighted by molar-refractivity contribution is 0.0950. The molecule has 0 aliphatic heterocycles. The van der Waals surface area contributed by atoms with Crippen LogP contribution in [-0.4, -0.2) is 15.9 Å². The molecule has 2 aromatic carbocycles. The van der Waals surface area contributed by atoms with Crippen molar-refractivity contribution in [2.75, 3.05) is 0 Å². The highest BCUT2D eigenvalue weighted by molar-refractivity contribution is 7.09. The molecule has 0 fully saturated rings. The van der Waals surface area contributed by atoms with Gasteiger partial charge in [0, 0.05) is 16.5 Å². The first kappa shape index (κ1) is 16.2. The number of thiazole rings is 1. The molecule has 2 heterocycles. The molecular formula is C18H12FN3O3S. The van der Waals surface area contributed by atoms with Crippen LogP contribution in [0.4, 0.5) is 4.39 Å². The van der Waals surface area contributed by atoms with Crippen molar-refractivity contribution in [3.63, 3.8) is 0 Å². The van der Waals surface area contributed by atoms with Crippen molar-refractivity contribution in [3.05, 3.63) is 74.8 Å². The lowest BCUT2D eigenvalue weighted by Gasteiger charge is -2.03. The zero-order valence-corrected chi connectivity index (χ0v) is 14.1. The van der Waals surface area contributed by atoms with Gasteiger partial charge in [0.25, 0.3) is 5.91 Å². The average molecular weight is 369 g/mol. The molecule has 0 atom stereocenters. The summed E-state index contributed by atoms with van der Waals surface area (Å²) in [6.45, 7) is 0.238. The second kappa shape index (κ2) is 6.57. The van der Waals surface area contributed by atoms with E-state index in [1.165, 1.54) is 29.5 Å². The second-order valence-corrected chi connectivity index (χ2v) is 6.49. The Bertz CT molecular complexity index is 1160. The number of fused-ring (bicyclic) bond motifs is 1. The predicted molar refractivity (Wildman–Crippen MR) is 95.5 cm³/mol. The number of nitrogens with zero attached hydrogens (tertiary/aromatic N) is 1. The number of carbonyl (C=O) groups excluding carboxylic acids is 1. The van der Waals surface area contributed by atoms with Gasteiger partial charge in [-0.2, -0.15) is 0 Å². The summed E-state index contributed by atoms with van der Waals surface area (Å²) in [7, 11) is 0. The zero-order chi connectivity index (χ0) is 18.1. The first-order valence-electron chi connectivity index (χ1n) is 7.70. The van der Waals surface area contributed by atoms with E-state index in [1.807, 2.05) is 11.4 Å². The monoisotopic (exact) mass is 369 g/mol. The molecule has 0 bridgehead atoms. The fourth-order valence-corrected chi connectivity index (χ4v) is 3.26. The lowest BCUT2D eigenvalue weighted by atomic mass is 10.1. The highest BCUT2D eigenvalue weighted by atomic mass is 32.1. The summed E-state index contributed by atoms with van der Waals surface area (Å²) in [5.74, 6) is -1.33. The highest BCUT2D eigenvalue weighted by Gasteiger charge is 2.10. The van der Waals surface area contributed by atoms with E-state index in [1.54, 1.807) is 18.2 Å². The summed E-state index contributed by atoms with van der Waals surface area (Å²) in [5.41, 5.74) is 2.86. The van der Waals surface area contributed by atoms with Gasteiger partial charge in [0.05, 0.1) is 17.8 Å². The van der Waals surface area contributed by atoms with Gasteiger partial charge >= 0.3 is 5.76 Å². The van der Waals surface area contributed by atoms with Crippen LogP contribution in [0.25, 0.3) is 22.4 Å². The van der Waals surface area contributed by atoms with Crippen molar-refractivity contribution in [2.24, 2.45) is 0 Å². The van der Waals surface area contributed by atoms with Crippen molar-refractivity contribution in [1.82, 2.24) is 15.3 Å². The molecule has 0 saturated heterocycles. The van der Waals surface area contributed by atoms with Crippen LogP contribution in [0.5, 0.6) is 0 Å². The maximum atomic E-state index is 13.2. The van der Waals surface area contributed by atoms with E-state index in [4.69, 9.17) is 4.42 Å². The molecule has 0 saturated carbocycles. The molecule has 2 N–H and O–H groups in total. The molecule has 2 aromatic heterocycles. The summed E-state index contributed by atoms with van der Waals surface area (Å²) in [4.78, 5) is 30.3. The number of H-pyrrole nitrogens is 1. The van der Waals surface area contributed by atoms with Gasteiger partial charge in [0.1, 0.15) is 10.8 Å². The van der Waals surface area contributed by atoms with Crippen molar-refractivity contribution in [3.8, 4) is 11.3 Å². The first-order chi connectivity index (χ1) is 12.6. The Morgan fingerprint density at radius 1 is 1.27 bits per heavy atom. The topological polar surface area (TPSA) is 88.0 Å². The Labute approximate surface area is 150 Å². The second-order valence-electron chi connectivity index (χ2n) is 5.54. The molecule has 0 radical (unpaired) electrons. The van der Waals surface area contributed by atoms with Crippen LogP contribution in [0.3, 0.4) is 0 Å². The van der Waals surface area contributed by atoms with E-state index in [2.05, 4.69) is 15.3 Å². The van der Waals surface area contributed by atoms with Gasteiger partial charge in [-0.25, -0.2) is 14.2 Å². The van der Waals surface area contributed by atoms with Crippen molar-refractivity contribution in [1.29, 1.82) is 0 Å². The Hall–Kier alpha value is -3.26. The molecule has 4 rings (SSSR count). The maximum Gasteiger partial charge on any atom is 0.417 e. The fraction of sp³-hybridized carbons (Fsp3) is 0.0556. The third-order valence-corrected chi connectivity index (χ3v) is 4.60. The number of hydrogen-bond acceptors (Lipinski definition) is 5. The largest absolute Gasteiger partial charge is 0.417 e. The van der Waals surface area contributed by atoms with Gasteiger partial charge in [0.15, 0.2) is 5.58 Å². The maximum absolute atomic E-state index is 13.2. The molecule has 0 spiro atoms. The Kier molecular flexibility index (Phi) is 4.10. The van der Waals surface area contributed by atoms with Gasteiger partial charge in [-0.1, -0.05) is 12.1 Å². The number of amides is 1. The summed E-state index contributed by atoms with van der Waals surface area (Å²) >= 11 is 1.40. The van der Waals surface area contributed by atoms with Crippen LogP contribution >= 0.6 is 11.3 Å². The lowest BCUT2D eigenvalue weighted by Crippen LogP contribution is -2.22. The van der Waals surface area contributed by atoms with Crippen molar-refractivity contribution >= 4 is 28.3 Å². The molecule has 0 aliphatic carbocycles. The van der Waals surface area contributed by atoms with Crippen molar-refractivity contribution in [2.45, 2.75) is 6.54 Å². The van der Waals surface area contributed by atoms with Crippen molar-refractivity contribution < 1.29 is 13.6 Å². The number of rotatable bonds is 4. The number of hydrogen-bond donors (Lipinski definition) is 2. The zero-order valence-electron chi connectivity index (χ0n) is 13.3. The van der Waals surface area contributed by atoms with Gasteiger partial charge in [-0.15, -0.1) is 11.3 Å². The Balaban J connectivity index is 1.48. The first-order valence-corrected chi connectivity index (χ1v) is 8.58. The van der Waals surface area contributed by atoms with E-state index >= 15 is 0 Å². The fourth-order valence-electron chi connectivity index (χ4n) is 2.52. The van der Waals surface area contributed by atoms with E-state index in [-0.39, 0.29) is 18.0 Å². The molecule has 8 heteroatoms. The minimum absolute atomic E-state index is 0.238. The molecule has 26 heavy (non-hydrogen) atoms. The van der Waals surface area contributed by atoms with Gasteiger partial charge < -0.3 is 9.73 Å². The van der Waals surface area contributed by atoms with E-state index in [9.17, 15) is 14.0 Å². The number of nitrogens with one attached hydrogen (secondary N) is 2. The van der Waals surface area contributed by atoms with E-state index < -0.39 is 11.6 Å². The third kappa shape index (κ3) is 3.27. The predicted octanol–water partition coefficient (Wildman–Crippen LogP) is 3.31. The van der Waals surface area contributed by atoms with Crippen LogP contribution in [0.1, 0.15) is 15.4 Å². The molecule has 4 aromatic rings.